The quantitative estimate of drug-likeness (QED) is 0.571. The molecule has 1 saturated carbocycles. The highest BCUT2D eigenvalue weighted by Gasteiger charge is 2.53. The lowest BCUT2D eigenvalue weighted by molar-refractivity contribution is -0.292. The van der Waals surface area contributed by atoms with Crippen LogP contribution in [-0.4, -0.2) is 58.9 Å². The van der Waals surface area contributed by atoms with Crippen LogP contribution in [0.4, 0.5) is 0 Å². The van der Waals surface area contributed by atoms with Gasteiger partial charge < -0.3 is 24.8 Å². The van der Waals surface area contributed by atoms with Crippen molar-refractivity contribution >= 4 is 6.29 Å². The van der Waals surface area contributed by atoms with E-state index in [4.69, 9.17) is 13.6 Å². The summed E-state index contributed by atoms with van der Waals surface area (Å²) in [7, 11) is 0. The van der Waals surface area contributed by atoms with Crippen LogP contribution in [0, 0.1) is 16.7 Å². The number of carbonyl (C=O) groups excluding carboxylic acids is 1. The van der Waals surface area contributed by atoms with Gasteiger partial charge in [0.2, 0.25) is 0 Å². The van der Waals surface area contributed by atoms with E-state index in [9.17, 15) is 20.1 Å². The van der Waals surface area contributed by atoms with Gasteiger partial charge in [-0.05, 0) is 66.6 Å². The van der Waals surface area contributed by atoms with Gasteiger partial charge in [0.1, 0.15) is 24.6 Å². The number of hydrogen-bond donors (Lipinski definition) is 3. The lowest BCUT2D eigenvalue weighted by atomic mass is 9.56. The smallest absolute Gasteiger partial charge is 0.186 e. The number of carbonyl (C=O) groups is 1. The molecule has 32 heavy (non-hydrogen) atoms. The average molecular weight is 450 g/mol. The predicted molar refractivity (Wildman–Crippen MR) is 121 cm³/mol. The van der Waals surface area contributed by atoms with Crippen LogP contribution >= 0.6 is 0 Å². The number of fused-ring (bicyclic) bond motifs is 3. The molecule has 7 atom stereocenters. The number of aliphatic hydroxyl groups is 3. The topological polar surface area (TPSA) is 96.2 Å². The number of hydrogen-bond acceptors (Lipinski definition) is 6. The summed E-state index contributed by atoms with van der Waals surface area (Å²) in [4.78, 5) is 11.8. The van der Waals surface area contributed by atoms with Gasteiger partial charge in [0.15, 0.2) is 6.29 Å². The van der Waals surface area contributed by atoms with Gasteiger partial charge in [0.05, 0.1) is 12.7 Å². The Morgan fingerprint density at radius 2 is 1.97 bits per heavy atom. The zero-order valence-electron chi connectivity index (χ0n) is 22.2. The first kappa shape index (κ1) is 20.1. The van der Waals surface area contributed by atoms with Crippen LogP contribution in [0.25, 0.3) is 0 Å². The van der Waals surface area contributed by atoms with E-state index in [0.717, 1.165) is 24.7 Å². The Hall–Kier alpha value is -1.31. The second kappa shape index (κ2) is 8.80. The normalized spacial score (nSPS) is 47.6. The fraction of sp³-hybridized carbons (Fsp3) is 0.731. The van der Waals surface area contributed by atoms with Crippen LogP contribution in [-0.2, 0) is 14.3 Å². The van der Waals surface area contributed by atoms with E-state index in [2.05, 4.69) is 20.8 Å². The summed E-state index contributed by atoms with van der Waals surface area (Å²) in [5, 5.41) is 30.6. The van der Waals surface area contributed by atoms with E-state index in [1.807, 2.05) is 6.08 Å². The molecule has 0 aromatic heterocycles. The maximum atomic E-state index is 11.8. The van der Waals surface area contributed by atoms with Gasteiger partial charge in [0.25, 0.3) is 0 Å². The van der Waals surface area contributed by atoms with Crippen LogP contribution in [0.1, 0.15) is 70.3 Å². The minimum Gasteiger partial charge on any atom is -0.388 e. The van der Waals surface area contributed by atoms with Crippen molar-refractivity contribution in [3.8, 4) is 0 Å². The first-order valence-electron chi connectivity index (χ1n) is 13.3. The highest BCUT2D eigenvalue weighted by molar-refractivity contribution is 5.74. The summed E-state index contributed by atoms with van der Waals surface area (Å²) in [5.74, 6) is 0.250. The van der Waals surface area contributed by atoms with Crippen molar-refractivity contribution in [1.82, 2.24) is 0 Å². The van der Waals surface area contributed by atoms with Crippen LogP contribution in [0.5, 0.6) is 0 Å². The summed E-state index contributed by atoms with van der Waals surface area (Å²) >= 11 is 0. The molecule has 0 aromatic carbocycles. The van der Waals surface area contributed by atoms with E-state index in [0.29, 0.717) is 30.4 Å². The van der Waals surface area contributed by atoms with Gasteiger partial charge in [-0.2, -0.15) is 0 Å². The van der Waals surface area contributed by atoms with Gasteiger partial charge in [-0.1, -0.05) is 45.3 Å². The van der Waals surface area contributed by atoms with Crippen LogP contribution in [0.2, 0.25) is 0 Å². The molecular weight excluding hydrogens is 408 g/mol. The SMILES string of the molecule is [2H]C([2H])([2H])[C@]12CC[C@]3(C)CCC(C(C)C)=C3/C1=C/C=C(/C=O)CC[C@H]2O[C@@H]1OC[C@@H](O)[C@H](O)[C@H]1O. The Morgan fingerprint density at radius 3 is 2.66 bits per heavy atom. The Bertz CT molecular complexity index is 938. The van der Waals surface area contributed by atoms with Crippen molar-refractivity contribution in [3.05, 3.63) is 34.4 Å². The highest BCUT2D eigenvalue weighted by Crippen LogP contribution is 2.62. The van der Waals surface area contributed by atoms with Gasteiger partial charge in [-0.15, -0.1) is 0 Å². The lowest BCUT2D eigenvalue weighted by Gasteiger charge is -2.51. The first-order chi connectivity index (χ1) is 16.4. The molecule has 4 rings (SSSR count). The summed E-state index contributed by atoms with van der Waals surface area (Å²) in [6.07, 6.45) is 1.38. The Morgan fingerprint density at radius 1 is 1.19 bits per heavy atom. The number of aliphatic hydroxyl groups excluding tert-OH is 3. The summed E-state index contributed by atoms with van der Waals surface area (Å²) < 4.78 is 38.1. The zero-order chi connectivity index (χ0) is 25.8. The summed E-state index contributed by atoms with van der Waals surface area (Å²) in [6, 6.07) is 0. The van der Waals surface area contributed by atoms with E-state index in [1.165, 1.54) is 5.57 Å². The van der Waals surface area contributed by atoms with Crippen LogP contribution in [0.3, 0.4) is 0 Å². The third-order valence-electron chi connectivity index (χ3n) is 8.00. The maximum Gasteiger partial charge on any atom is 0.186 e. The molecule has 0 spiro atoms. The fourth-order valence-corrected chi connectivity index (χ4v) is 5.93. The van der Waals surface area contributed by atoms with Crippen molar-refractivity contribution in [1.29, 1.82) is 0 Å². The molecule has 0 aromatic rings. The average Bonchev–Trinajstić information content (AvgIpc) is 3.13. The summed E-state index contributed by atoms with van der Waals surface area (Å²) in [6.45, 7) is 3.78. The molecular formula is C26H38O6. The largest absolute Gasteiger partial charge is 0.388 e. The number of ether oxygens (including phenoxy) is 2. The molecule has 1 saturated heterocycles. The Labute approximate surface area is 195 Å². The molecule has 6 heteroatoms. The lowest BCUT2D eigenvalue weighted by Crippen LogP contribution is -2.56. The zero-order valence-corrected chi connectivity index (χ0v) is 19.2. The molecule has 6 nitrogen and oxygen atoms in total. The van der Waals surface area contributed by atoms with E-state index in [1.54, 1.807) is 6.08 Å². The fourth-order valence-electron chi connectivity index (χ4n) is 5.93. The minimum absolute atomic E-state index is 0.153. The van der Waals surface area contributed by atoms with Crippen molar-refractivity contribution in [2.75, 3.05) is 6.61 Å². The molecule has 0 amide bonds. The molecule has 3 N–H and O–H groups in total. The van der Waals surface area contributed by atoms with E-state index >= 15 is 0 Å². The summed E-state index contributed by atoms with van der Waals surface area (Å²) in [5.41, 5.74) is 2.04. The maximum absolute atomic E-state index is 11.8. The molecule has 178 valence electrons. The number of allylic oxidation sites excluding steroid dienone is 5. The van der Waals surface area contributed by atoms with Crippen LogP contribution in [0.15, 0.2) is 34.4 Å². The second-order valence-corrected chi connectivity index (χ2v) is 10.4. The second-order valence-electron chi connectivity index (χ2n) is 10.4. The first-order valence-corrected chi connectivity index (χ1v) is 11.8. The van der Waals surface area contributed by atoms with Crippen molar-refractivity contribution < 1.29 is 33.7 Å². The molecule has 0 unspecified atom stereocenters. The van der Waals surface area contributed by atoms with Crippen molar-refractivity contribution in [3.63, 3.8) is 0 Å². The third kappa shape index (κ3) is 3.94. The molecule has 0 radical (unpaired) electrons. The number of rotatable bonds is 4. The molecule has 2 fully saturated rings. The highest BCUT2D eigenvalue weighted by atomic mass is 16.7. The van der Waals surface area contributed by atoms with Crippen molar-refractivity contribution in [2.24, 2.45) is 16.7 Å². The predicted octanol–water partition coefficient (Wildman–Crippen LogP) is 3.21. The minimum atomic E-state index is -2.44. The van der Waals surface area contributed by atoms with Crippen LogP contribution < -0.4 is 0 Å². The third-order valence-corrected chi connectivity index (χ3v) is 8.00. The van der Waals surface area contributed by atoms with Crippen molar-refractivity contribution in [2.45, 2.75) is 96.9 Å². The molecule has 4 aliphatic rings. The monoisotopic (exact) mass is 449 g/mol. The number of aldehydes is 1. The standard InChI is InChI=1S/C26H38O6/c1-15(2)17-9-10-25(3)11-12-26(4)18(21(17)25)7-5-16(13-27)6-8-20(26)32-24-23(30)22(29)19(28)14-31-24/h5,7,13,15,19-20,22-24,28-30H,6,8-12,14H2,1-4H3/b16-5+,18-7-/t19-,20-,22+,23-,24+,25+,26+/m1/s1/i4D3. The van der Waals surface area contributed by atoms with E-state index in [-0.39, 0.29) is 24.4 Å². The molecule has 0 bridgehead atoms. The van der Waals surface area contributed by atoms with Gasteiger partial charge in [0, 0.05) is 9.53 Å². The molecule has 1 aliphatic heterocycles. The van der Waals surface area contributed by atoms with Gasteiger partial charge in [-0.25, -0.2) is 0 Å². The Kier molecular flexibility index (Phi) is 5.53. The van der Waals surface area contributed by atoms with E-state index < -0.39 is 43.0 Å². The molecule has 3 aliphatic carbocycles. The van der Waals surface area contributed by atoms with Gasteiger partial charge in [-0.3, -0.25) is 4.79 Å². The van der Waals surface area contributed by atoms with Gasteiger partial charge >= 0.3 is 0 Å². The Balaban J connectivity index is 1.88. The molecule has 1 heterocycles.